The highest BCUT2D eigenvalue weighted by molar-refractivity contribution is 7.89. The van der Waals surface area contributed by atoms with Crippen LogP contribution in [0.3, 0.4) is 0 Å². The monoisotopic (exact) mass is 313 g/mol. The molecule has 0 heterocycles. The highest BCUT2D eigenvalue weighted by Gasteiger charge is 2.21. The molecule has 1 aliphatic carbocycles. The van der Waals surface area contributed by atoms with Crippen molar-refractivity contribution in [1.82, 2.24) is 0 Å². The average molecular weight is 313 g/mol. The number of ether oxygens (including phenoxy) is 1. The molecule has 2 rings (SSSR count). The smallest absolute Gasteiger partial charge is 0.238 e. The molecule has 7 heteroatoms. The zero-order chi connectivity index (χ0) is 15.6. The van der Waals surface area contributed by atoms with E-state index in [1.807, 2.05) is 11.9 Å². The maximum atomic E-state index is 11.6. The number of rotatable bonds is 7. The van der Waals surface area contributed by atoms with Crippen LogP contribution in [0.1, 0.15) is 18.4 Å². The van der Waals surface area contributed by atoms with Gasteiger partial charge >= 0.3 is 0 Å². The van der Waals surface area contributed by atoms with Gasteiger partial charge in [0.25, 0.3) is 0 Å². The predicted molar refractivity (Wildman–Crippen MR) is 83.8 cm³/mol. The van der Waals surface area contributed by atoms with Crippen LogP contribution in [0.25, 0.3) is 0 Å². The first-order valence-corrected chi connectivity index (χ1v) is 8.55. The molecule has 0 radical (unpaired) electrons. The van der Waals surface area contributed by atoms with Gasteiger partial charge in [0.05, 0.1) is 11.5 Å². The quantitative estimate of drug-likeness (QED) is 0.580. The molecular weight excluding hydrogens is 290 g/mol. The molecule has 0 bridgehead atoms. The van der Waals surface area contributed by atoms with Crippen molar-refractivity contribution in [3.05, 3.63) is 17.7 Å². The molecule has 0 spiro atoms. The number of nitrogen functional groups attached to an aromatic ring is 1. The summed E-state index contributed by atoms with van der Waals surface area (Å²) in [7, 11) is -1.89. The summed E-state index contributed by atoms with van der Waals surface area (Å²) in [6.07, 6.45) is 2.53. The summed E-state index contributed by atoms with van der Waals surface area (Å²) >= 11 is 0. The van der Waals surface area contributed by atoms with Crippen LogP contribution in [0, 0.1) is 12.8 Å². The lowest BCUT2D eigenvalue weighted by Crippen LogP contribution is -2.25. The molecule has 1 aromatic carbocycles. The van der Waals surface area contributed by atoms with Gasteiger partial charge in [0.2, 0.25) is 10.0 Å². The number of nitrogens with zero attached hydrogens (tertiary/aromatic N) is 1. The number of hydrogen-bond acceptors (Lipinski definition) is 5. The van der Waals surface area contributed by atoms with Gasteiger partial charge in [0, 0.05) is 31.6 Å². The molecule has 0 aliphatic heterocycles. The Balaban J connectivity index is 2.08. The van der Waals surface area contributed by atoms with E-state index in [-0.39, 0.29) is 4.90 Å². The van der Waals surface area contributed by atoms with Gasteiger partial charge in [0.1, 0.15) is 0 Å². The van der Waals surface area contributed by atoms with Crippen molar-refractivity contribution >= 4 is 21.4 Å². The maximum absolute atomic E-state index is 11.6. The van der Waals surface area contributed by atoms with E-state index in [1.165, 1.54) is 18.9 Å². The first kappa shape index (κ1) is 16.1. The normalized spacial score (nSPS) is 15.2. The van der Waals surface area contributed by atoms with E-state index in [0.717, 1.165) is 18.2 Å². The molecule has 21 heavy (non-hydrogen) atoms. The Kier molecular flexibility index (Phi) is 4.75. The van der Waals surface area contributed by atoms with Crippen molar-refractivity contribution in [3.8, 4) is 0 Å². The van der Waals surface area contributed by atoms with Crippen molar-refractivity contribution in [1.29, 1.82) is 0 Å². The summed E-state index contributed by atoms with van der Waals surface area (Å²) in [5.74, 6) is 0.735. The van der Waals surface area contributed by atoms with E-state index in [1.54, 1.807) is 13.0 Å². The lowest BCUT2D eigenvalue weighted by Gasteiger charge is -2.23. The predicted octanol–water partition coefficient (Wildman–Crippen LogP) is 1.09. The van der Waals surface area contributed by atoms with Crippen LogP contribution in [0.4, 0.5) is 11.4 Å². The molecule has 1 aliphatic rings. The Labute approximate surface area is 126 Å². The molecule has 0 unspecified atom stereocenters. The topological polar surface area (TPSA) is 98.7 Å². The average Bonchev–Trinajstić information content (AvgIpc) is 3.19. The summed E-state index contributed by atoms with van der Waals surface area (Å²) in [6, 6.07) is 3.15. The second-order valence-electron chi connectivity index (χ2n) is 5.65. The first-order valence-electron chi connectivity index (χ1n) is 7.01. The van der Waals surface area contributed by atoms with E-state index in [9.17, 15) is 8.42 Å². The number of primary sulfonamides is 1. The molecule has 0 atom stereocenters. The van der Waals surface area contributed by atoms with Gasteiger partial charge in [-0.15, -0.1) is 0 Å². The fraction of sp³-hybridized carbons (Fsp3) is 0.571. The van der Waals surface area contributed by atoms with Crippen molar-refractivity contribution in [2.45, 2.75) is 24.7 Å². The second kappa shape index (κ2) is 6.21. The summed E-state index contributed by atoms with van der Waals surface area (Å²) < 4.78 is 28.8. The van der Waals surface area contributed by atoms with Gasteiger partial charge in [-0.2, -0.15) is 0 Å². The Morgan fingerprint density at radius 2 is 2.05 bits per heavy atom. The number of hydrogen-bond donors (Lipinski definition) is 2. The van der Waals surface area contributed by atoms with Gasteiger partial charge < -0.3 is 15.4 Å². The van der Waals surface area contributed by atoms with Gasteiger partial charge in [-0.1, -0.05) is 0 Å². The third-order valence-corrected chi connectivity index (χ3v) is 4.73. The van der Waals surface area contributed by atoms with E-state index in [0.29, 0.717) is 24.4 Å². The summed E-state index contributed by atoms with van der Waals surface area (Å²) in [6.45, 7) is 3.81. The molecule has 118 valence electrons. The van der Waals surface area contributed by atoms with Crippen LogP contribution in [-0.4, -0.2) is 35.2 Å². The van der Waals surface area contributed by atoms with Gasteiger partial charge in [-0.25, -0.2) is 13.6 Å². The van der Waals surface area contributed by atoms with Gasteiger partial charge in [-0.3, -0.25) is 0 Å². The fourth-order valence-corrected chi connectivity index (χ4v) is 3.07. The molecule has 6 nitrogen and oxygen atoms in total. The lowest BCUT2D eigenvalue weighted by atomic mass is 10.1. The SMILES string of the molecule is Cc1c(N(C)CCOCC2CC2)cc(N)cc1S(N)(=O)=O. The summed E-state index contributed by atoms with van der Waals surface area (Å²) in [5, 5.41) is 5.23. The third-order valence-electron chi connectivity index (χ3n) is 3.69. The number of sulfonamides is 1. The minimum Gasteiger partial charge on any atom is -0.399 e. The minimum absolute atomic E-state index is 0.0725. The number of benzene rings is 1. The van der Waals surface area contributed by atoms with E-state index in [4.69, 9.17) is 15.6 Å². The molecule has 0 saturated heterocycles. The Morgan fingerprint density at radius 3 is 2.62 bits per heavy atom. The lowest BCUT2D eigenvalue weighted by molar-refractivity contribution is 0.131. The van der Waals surface area contributed by atoms with Crippen molar-refractivity contribution in [2.75, 3.05) is 37.4 Å². The fourth-order valence-electron chi connectivity index (χ4n) is 2.24. The highest BCUT2D eigenvalue weighted by atomic mass is 32.2. The Hall–Kier alpha value is -1.31. The van der Waals surface area contributed by atoms with E-state index >= 15 is 0 Å². The van der Waals surface area contributed by atoms with E-state index in [2.05, 4.69) is 0 Å². The van der Waals surface area contributed by atoms with Crippen LogP contribution >= 0.6 is 0 Å². The van der Waals surface area contributed by atoms with E-state index < -0.39 is 10.0 Å². The van der Waals surface area contributed by atoms with Gasteiger partial charge in [-0.05, 0) is 43.4 Å². The van der Waals surface area contributed by atoms with Gasteiger partial charge in [0.15, 0.2) is 0 Å². The maximum Gasteiger partial charge on any atom is 0.238 e. The standard InChI is InChI=1S/C14H23N3O3S/c1-10-13(7-12(15)8-14(10)21(16,18)19)17(2)5-6-20-9-11-3-4-11/h7-8,11H,3-6,9,15H2,1-2H3,(H2,16,18,19). The van der Waals surface area contributed by atoms with Crippen LogP contribution in [-0.2, 0) is 14.8 Å². The number of likely N-dealkylation sites (N-methyl/N-ethyl adjacent to an activating group) is 1. The molecule has 0 amide bonds. The largest absolute Gasteiger partial charge is 0.399 e. The summed E-state index contributed by atoms with van der Waals surface area (Å²) in [5.41, 5.74) is 7.53. The van der Waals surface area contributed by atoms with Crippen molar-refractivity contribution in [3.63, 3.8) is 0 Å². The summed E-state index contributed by atoms with van der Waals surface area (Å²) in [4.78, 5) is 2.01. The van der Waals surface area contributed by atoms with Crippen LogP contribution in [0.5, 0.6) is 0 Å². The minimum atomic E-state index is -3.78. The molecule has 1 aromatic rings. The van der Waals surface area contributed by atoms with Crippen LogP contribution in [0.2, 0.25) is 0 Å². The highest BCUT2D eigenvalue weighted by Crippen LogP contribution is 2.29. The molecule has 4 N–H and O–H groups in total. The van der Waals surface area contributed by atoms with Crippen molar-refractivity contribution in [2.24, 2.45) is 11.1 Å². The second-order valence-corrected chi connectivity index (χ2v) is 7.18. The Bertz CT molecular complexity index is 612. The van der Waals surface area contributed by atoms with Crippen LogP contribution < -0.4 is 15.8 Å². The molecule has 1 fully saturated rings. The zero-order valence-electron chi connectivity index (χ0n) is 12.5. The third kappa shape index (κ3) is 4.33. The first-order chi connectivity index (χ1) is 9.79. The molecule has 1 saturated carbocycles. The number of anilines is 2. The van der Waals surface area contributed by atoms with Crippen molar-refractivity contribution < 1.29 is 13.2 Å². The molecule has 0 aromatic heterocycles. The number of nitrogens with two attached hydrogens (primary N) is 2. The molecular formula is C14H23N3O3S. The van der Waals surface area contributed by atoms with Crippen LogP contribution in [0.15, 0.2) is 17.0 Å². The zero-order valence-corrected chi connectivity index (χ0v) is 13.3. The Morgan fingerprint density at radius 1 is 1.38 bits per heavy atom.